The van der Waals surface area contributed by atoms with Crippen molar-refractivity contribution >= 4 is 25.2 Å². The highest BCUT2D eigenvalue weighted by Crippen LogP contribution is 2.36. The van der Waals surface area contributed by atoms with Crippen molar-refractivity contribution in [3.63, 3.8) is 0 Å². The van der Waals surface area contributed by atoms with E-state index in [0.717, 1.165) is 0 Å². The summed E-state index contributed by atoms with van der Waals surface area (Å²) in [5.41, 5.74) is 6.27. The van der Waals surface area contributed by atoms with E-state index >= 15 is 0 Å². The van der Waals surface area contributed by atoms with Gasteiger partial charge in [-0.25, -0.2) is 14.6 Å². The van der Waals surface area contributed by atoms with Crippen LogP contribution in [-0.2, 0) is 9.16 Å². The number of hydrogen-bond donors (Lipinski definition) is 3. The number of nitrogens with two attached hydrogens (primary N) is 1. The number of aliphatic hydroxyl groups excluding tert-OH is 2. The van der Waals surface area contributed by atoms with Crippen LogP contribution in [0.3, 0.4) is 0 Å². The van der Waals surface area contributed by atoms with Crippen molar-refractivity contribution in [3.05, 3.63) is 12.5 Å². The largest absolute Gasteiger partial charge is 0.414 e. The summed E-state index contributed by atoms with van der Waals surface area (Å²) < 4.78 is 13.4. The summed E-state index contributed by atoms with van der Waals surface area (Å²) in [6, 6.07) is 0. The van der Waals surface area contributed by atoms with E-state index in [1.54, 1.807) is 0 Å². The van der Waals surface area contributed by atoms with E-state index in [2.05, 4.69) is 48.9 Å². The first-order valence-corrected chi connectivity index (χ1v) is 11.5. The van der Waals surface area contributed by atoms with Gasteiger partial charge in [0.25, 0.3) is 0 Å². The smallest absolute Gasteiger partial charge is 0.192 e. The number of anilines is 1. The predicted octanol–water partition coefficient (Wildman–Crippen LogP) is 1.30. The van der Waals surface area contributed by atoms with Crippen molar-refractivity contribution in [2.75, 3.05) is 25.6 Å². The van der Waals surface area contributed by atoms with Gasteiger partial charge < -0.3 is 25.1 Å². The molecule has 2 heterocycles. The van der Waals surface area contributed by atoms with Crippen LogP contribution in [0.25, 0.3) is 11.0 Å². The third-order valence-electron chi connectivity index (χ3n) is 4.84. The van der Waals surface area contributed by atoms with Crippen LogP contribution >= 0.6 is 0 Å². The Morgan fingerprint density at radius 3 is 2.50 bits per heavy atom. The lowest BCUT2D eigenvalue weighted by atomic mass is 10.2. The quantitative estimate of drug-likeness (QED) is 0.582. The van der Waals surface area contributed by atoms with E-state index in [1.165, 1.54) is 17.2 Å². The lowest BCUT2D eigenvalue weighted by Gasteiger charge is -2.37. The van der Waals surface area contributed by atoms with E-state index in [0.29, 0.717) is 16.9 Å². The van der Waals surface area contributed by atoms with Gasteiger partial charge in [0.1, 0.15) is 18.2 Å². The van der Waals surface area contributed by atoms with Crippen LogP contribution in [0, 0.1) is 0 Å². The maximum atomic E-state index is 9.75. The average molecular weight is 384 g/mol. The summed E-state index contributed by atoms with van der Waals surface area (Å²) >= 11 is 0. The highest BCUT2D eigenvalue weighted by atomic mass is 28.4. The van der Waals surface area contributed by atoms with Crippen LogP contribution in [0.5, 0.6) is 0 Å². The fraction of sp³-hybridized carbons (Fsp3) is 0.688. The Morgan fingerprint density at radius 1 is 1.23 bits per heavy atom. The second-order valence-electron chi connectivity index (χ2n) is 7.73. The van der Waals surface area contributed by atoms with Crippen molar-refractivity contribution in [2.45, 2.75) is 51.2 Å². The Hall–Kier alpha value is -1.59. The van der Waals surface area contributed by atoms with Crippen molar-refractivity contribution < 1.29 is 19.4 Å². The number of fused-ring (bicyclic) bond motifs is 1. The van der Waals surface area contributed by atoms with E-state index < -0.39 is 20.6 Å². The number of aliphatic hydroxyl groups is 2. The van der Waals surface area contributed by atoms with E-state index in [1.807, 2.05) is 0 Å². The number of nitrogen functional groups attached to an aromatic ring is 1. The zero-order chi connectivity index (χ0) is 19.5. The Bertz CT molecular complexity index is 731. The van der Waals surface area contributed by atoms with Gasteiger partial charge in [-0.2, -0.15) is 5.10 Å². The first-order chi connectivity index (χ1) is 12.1. The number of nitrogens with zero attached hydrogens (tertiary/aromatic N) is 4. The minimum atomic E-state index is -1.98. The van der Waals surface area contributed by atoms with Gasteiger partial charge in [-0.1, -0.05) is 20.8 Å². The van der Waals surface area contributed by atoms with Crippen molar-refractivity contribution in [3.8, 4) is 0 Å². The van der Waals surface area contributed by atoms with Crippen LogP contribution in [0.4, 0.5) is 5.82 Å². The molecule has 0 radical (unpaired) electrons. The molecule has 2 rings (SSSR count). The number of ether oxygens (including phenoxy) is 1. The molecule has 0 aromatic carbocycles. The van der Waals surface area contributed by atoms with Crippen LogP contribution < -0.4 is 5.73 Å². The summed E-state index contributed by atoms with van der Waals surface area (Å²) in [4.78, 5) is 8.07. The van der Waals surface area contributed by atoms with Gasteiger partial charge in [-0.05, 0) is 18.1 Å². The topological polar surface area (TPSA) is 129 Å². The number of aromatic nitrogens is 4. The Morgan fingerprint density at radius 2 is 1.92 bits per heavy atom. The molecule has 10 heteroatoms. The van der Waals surface area contributed by atoms with E-state index in [-0.39, 0.29) is 24.9 Å². The minimum Gasteiger partial charge on any atom is -0.414 e. The first kappa shape index (κ1) is 20.7. The second kappa shape index (κ2) is 7.97. The van der Waals surface area contributed by atoms with Gasteiger partial charge in [-0.15, -0.1) is 0 Å². The van der Waals surface area contributed by atoms with Gasteiger partial charge in [0.15, 0.2) is 20.2 Å². The SMILES string of the molecule is CC(C)(C)[Si](C)(C)OCC(CO)OC(CO)n1ncc2c(N)ncnc21. The summed E-state index contributed by atoms with van der Waals surface area (Å²) in [6.45, 7) is 10.4. The van der Waals surface area contributed by atoms with Crippen LogP contribution in [0.1, 0.15) is 27.0 Å². The summed E-state index contributed by atoms with van der Waals surface area (Å²) in [7, 11) is -1.98. The van der Waals surface area contributed by atoms with Gasteiger partial charge >= 0.3 is 0 Å². The monoisotopic (exact) mass is 383 g/mol. The fourth-order valence-electron chi connectivity index (χ4n) is 2.14. The molecule has 0 aliphatic rings. The molecule has 0 saturated carbocycles. The molecule has 0 amide bonds. The van der Waals surface area contributed by atoms with Crippen LogP contribution in [-0.4, -0.2) is 64.2 Å². The molecule has 26 heavy (non-hydrogen) atoms. The molecule has 2 atom stereocenters. The third kappa shape index (κ3) is 4.38. The Balaban J connectivity index is 2.13. The van der Waals surface area contributed by atoms with Gasteiger partial charge in [0.2, 0.25) is 0 Å². The third-order valence-corrected chi connectivity index (χ3v) is 9.34. The van der Waals surface area contributed by atoms with E-state index in [4.69, 9.17) is 14.9 Å². The van der Waals surface area contributed by atoms with Gasteiger partial charge in [0.05, 0.1) is 31.4 Å². The van der Waals surface area contributed by atoms with Crippen molar-refractivity contribution in [1.82, 2.24) is 19.7 Å². The number of rotatable bonds is 8. The molecule has 2 unspecified atom stereocenters. The second-order valence-corrected chi connectivity index (χ2v) is 12.5. The lowest BCUT2D eigenvalue weighted by Crippen LogP contribution is -2.44. The molecule has 4 N–H and O–H groups in total. The molecular weight excluding hydrogens is 354 g/mol. The molecule has 0 aliphatic carbocycles. The van der Waals surface area contributed by atoms with E-state index in [9.17, 15) is 10.2 Å². The lowest BCUT2D eigenvalue weighted by molar-refractivity contribution is -0.113. The van der Waals surface area contributed by atoms with Crippen molar-refractivity contribution in [2.24, 2.45) is 0 Å². The summed E-state index contributed by atoms with van der Waals surface area (Å²) in [6.07, 6.45) is 1.44. The van der Waals surface area contributed by atoms with Crippen molar-refractivity contribution in [1.29, 1.82) is 0 Å². The molecule has 2 aromatic heterocycles. The Labute approximate surface area is 154 Å². The fourth-order valence-corrected chi connectivity index (χ4v) is 3.18. The molecule has 0 aliphatic heterocycles. The summed E-state index contributed by atoms with van der Waals surface area (Å²) in [5, 5.41) is 24.3. The molecule has 0 spiro atoms. The normalized spacial score (nSPS) is 15.3. The predicted molar refractivity (Wildman–Crippen MR) is 101 cm³/mol. The molecule has 2 aromatic rings. The molecule has 146 valence electrons. The first-order valence-electron chi connectivity index (χ1n) is 8.55. The van der Waals surface area contributed by atoms with Gasteiger partial charge in [0, 0.05) is 0 Å². The zero-order valence-corrected chi connectivity index (χ0v) is 17.0. The summed E-state index contributed by atoms with van der Waals surface area (Å²) in [5.74, 6) is 0.304. The highest BCUT2D eigenvalue weighted by molar-refractivity contribution is 6.74. The minimum absolute atomic E-state index is 0.0516. The Kier molecular flexibility index (Phi) is 6.35. The molecular formula is C16H29N5O4Si. The molecule has 9 nitrogen and oxygen atoms in total. The zero-order valence-electron chi connectivity index (χ0n) is 16.0. The standard InChI is InChI=1S/C16H29N5O4Si/c1-16(2,3)26(4,5)24-9-11(7-22)25-13(8-23)21-15-12(6-20-21)14(17)18-10-19-15/h6,10-11,13,22-23H,7-9H2,1-5H3,(H2,17,18,19). The number of hydrogen-bond acceptors (Lipinski definition) is 8. The highest BCUT2D eigenvalue weighted by Gasteiger charge is 2.38. The maximum Gasteiger partial charge on any atom is 0.192 e. The maximum absolute atomic E-state index is 9.75. The molecule has 0 fully saturated rings. The van der Waals surface area contributed by atoms with Crippen LogP contribution in [0.2, 0.25) is 18.1 Å². The van der Waals surface area contributed by atoms with Gasteiger partial charge in [-0.3, -0.25) is 0 Å². The molecule has 0 bridgehead atoms. The molecule has 0 saturated heterocycles. The average Bonchev–Trinajstić information content (AvgIpc) is 2.99. The van der Waals surface area contributed by atoms with Crippen LogP contribution in [0.15, 0.2) is 12.5 Å².